The van der Waals surface area contributed by atoms with Crippen LogP contribution >= 0.6 is 0 Å². The van der Waals surface area contributed by atoms with E-state index in [1.165, 1.54) is 5.57 Å². The molecule has 0 spiro atoms. The van der Waals surface area contributed by atoms with E-state index in [0.717, 1.165) is 49.3 Å². The van der Waals surface area contributed by atoms with E-state index in [1.807, 2.05) is 0 Å². The Morgan fingerprint density at radius 1 is 1.11 bits per heavy atom. The average molecular weight is 509 g/mol. The molecule has 3 rings (SSSR count). The third-order valence-electron chi connectivity index (χ3n) is 7.90. The number of allylic oxidation sites excluding steroid dienone is 6. The number of methoxy groups -OCH3 is 1. The van der Waals surface area contributed by atoms with E-state index in [-0.39, 0.29) is 29.9 Å². The summed E-state index contributed by atoms with van der Waals surface area (Å²) >= 11 is 0. The SMILES string of the molecule is COC1C/C(=C/C=C2\CCC[C@]3(C)C(CC/C=C\C(O)(C(F)(F)F)C(F)(F)F)=CCC23)C[C@@H](O)C1. The largest absolute Gasteiger partial charge is 0.429 e. The molecule has 0 saturated heterocycles. The average Bonchev–Trinajstić information content (AvgIpc) is 3.09. The van der Waals surface area contributed by atoms with Gasteiger partial charge in [0.1, 0.15) is 0 Å². The number of fused-ring (bicyclic) bond motifs is 1. The normalized spacial score (nSPS) is 33.0. The highest BCUT2D eigenvalue weighted by Gasteiger charge is 2.68. The van der Waals surface area contributed by atoms with Crippen LogP contribution in [0.1, 0.15) is 64.7 Å². The maximum absolute atomic E-state index is 12.9. The lowest BCUT2D eigenvalue weighted by atomic mass is 9.63. The Kier molecular flexibility index (Phi) is 8.34. The highest BCUT2D eigenvalue weighted by Crippen LogP contribution is 2.56. The van der Waals surface area contributed by atoms with Crippen molar-refractivity contribution in [1.29, 1.82) is 0 Å². The van der Waals surface area contributed by atoms with Gasteiger partial charge in [-0.3, -0.25) is 0 Å². The predicted molar refractivity (Wildman–Crippen MR) is 120 cm³/mol. The lowest BCUT2D eigenvalue weighted by Gasteiger charge is -2.41. The van der Waals surface area contributed by atoms with Crippen LogP contribution in [0, 0.1) is 11.3 Å². The van der Waals surface area contributed by atoms with Gasteiger partial charge in [0.15, 0.2) is 0 Å². The molecule has 2 saturated carbocycles. The van der Waals surface area contributed by atoms with Crippen LogP contribution in [0.5, 0.6) is 0 Å². The molecular formula is C26H34F6O3. The number of rotatable bonds is 6. The minimum Gasteiger partial charge on any atom is -0.393 e. The van der Waals surface area contributed by atoms with Crippen molar-refractivity contribution >= 4 is 0 Å². The number of hydrogen-bond acceptors (Lipinski definition) is 3. The molecule has 9 heteroatoms. The Morgan fingerprint density at radius 3 is 2.43 bits per heavy atom. The third kappa shape index (κ3) is 5.88. The Bertz CT molecular complexity index is 868. The molecule has 3 nitrogen and oxygen atoms in total. The Balaban J connectivity index is 1.68. The molecule has 0 radical (unpaired) electrons. The number of ether oxygens (including phenoxy) is 1. The van der Waals surface area contributed by atoms with Gasteiger partial charge in [-0.1, -0.05) is 47.9 Å². The first-order valence-electron chi connectivity index (χ1n) is 12.0. The topological polar surface area (TPSA) is 49.7 Å². The molecule has 2 unspecified atom stereocenters. The van der Waals surface area contributed by atoms with E-state index < -0.39 is 24.1 Å². The van der Waals surface area contributed by atoms with Gasteiger partial charge in [-0.25, -0.2) is 0 Å². The third-order valence-corrected chi connectivity index (χ3v) is 7.90. The summed E-state index contributed by atoms with van der Waals surface area (Å²) in [7, 11) is 1.64. The number of hydrogen-bond donors (Lipinski definition) is 2. The zero-order chi connectivity index (χ0) is 26.1. The molecule has 0 bridgehead atoms. The number of aliphatic hydroxyl groups excluding tert-OH is 1. The first-order chi connectivity index (χ1) is 16.2. The van der Waals surface area contributed by atoms with E-state index in [4.69, 9.17) is 4.74 Å². The van der Waals surface area contributed by atoms with Gasteiger partial charge in [-0.05, 0) is 68.8 Å². The Labute approximate surface area is 202 Å². The molecule has 0 amide bonds. The van der Waals surface area contributed by atoms with E-state index in [0.29, 0.717) is 19.3 Å². The highest BCUT2D eigenvalue weighted by molar-refractivity contribution is 5.34. The van der Waals surface area contributed by atoms with E-state index >= 15 is 0 Å². The lowest BCUT2D eigenvalue weighted by molar-refractivity contribution is -0.347. The smallest absolute Gasteiger partial charge is 0.393 e. The van der Waals surface area contributed by atoms with Crippen molar-refractivity contribution in [1.82, 2.24) is 0 Å². The summed E-state index contributed by atoms with van der Waals surface area (Å²) in [5, 5.41) is 19.4. The fraction of sp³-hybridized carbons (Fsp3) is 0.692. The van der Waals surface area contributed by atoms with E-state index in [9.17, 15) is 36.6 Å². The molecule has 3 aliphatic rings. The quantitative estimate of drug-likeness (QED) is 0.309. The van der Waals surface area contributed by atoms with Crippen LogP contribution in [0.2, 0.25) is 0 Å². The van der Waals surface area contributed by atoms with Crippen molar-refractivity contribution in [2.45, 2.75) is 94.9 Å². The molecule has 0 aromatic carbocycles. The summed E-state index contributed by atoms with van der Waals surface area (Å²) in [6, 6.07) is 0. The lowest BCUT2D eigenvalue weighted by Crippen LogP contribution is -2.55. The van der Waals surface area contributed by atoms with Crippen molar-refractivity contribution in [3.8, 4) is 0 Å². The molecule has 0 aromatic rings. The summed E-state index contributed by atoms with van der Waals surface area (Å²) in [6.45, 7) is 2.12. The van der Waals surface area contributed by atoms with Crippen molar-refractivity contribution in [2.75, 3.05) is 7.11 Å². The second-order valence-electron chi connectivity index (χ2n) is 10.2. The number of halogens is 6. The predicted octanol–water partition coefficient (Wildman–Crippen LogP) is 6.73. The zero-order valence-electron chi connectivity index (χ0n) is 20.1. The van der Waals surface area contributed by atoms with Crippen molar-refractivity contribution in [2.24, 2.45) is 11.3 Å². The van der Waals surface area contributed by atoms with E-state index in [1.54, 1.807) is 7.11 Å². The fourth-order valence-corrected chi connectivity index (χ4v) is 5.83. The van der Waals surface area contributed by atoms with Crippen molar-refractivity contribution < 1.29 is 41.3 Å². The Hall–Kier alpha value is -1.58. The molecule has 0 aliphatic heterocycles. The van der Waals surface area contributed by atoms with Gasteiger partial charge in [-0.2, -0.15) is 26.3 Å². The molecule has 2 fully saturated rings. The van der Waals surface area contributed by atoms with E-state index in [2.05, 4.69) is 25.2 Å². The number of alkyl halides is 6. The van der Waals surface area contributed by atoms with Crippen LogP contribution < -0.4 is 0 Å². The van der Waals surface area contributed by atoms with Crippen LogP contribution in [0.4, 0.5) is 26.3 Å². The first kappa shape index (κ1) is 28.0. The summed E-state index contributed by atoms with van der Waals surface area (Å²) in [6.07, 6.45) is 0.652. The van der Waals surface area contributed by atoms with Crippen LogP contribution in [0.25, 0.3) is 0 Å². The van der Waals surface area contributed by atoms with Crippen molar-refractivity contribution in [3.63, 3.8) is 0 Å². The van der Waals surface area contributed by atoms with Crippen LogP contribution in [-0.4, -0.2) is 47.5 Å². The second-order valence-corrected chi connectivity index (χ2v) is 10.2. The molecule has 2 N–H and O–H groups in total. The van der Waals surface area contributed by atoms with Gasteiger partial charge >= 0.3 is 12.4 Å². The van der Waals surface area contributed by atoms with Gasteiger partial charge in [0.25, 0.3) is 5.60 Å². The minimum absolute atomic E-state index is 0.000162. The summed E-state index contributed by atoms with van der Waals surface area (Å²) in [5.74, 6) is 0.237. The maximum atomic E-state index is 12.9. The van der Waals surface area contributed by atoms with Crippen LogP contribution in [-0.2, 0) is 4.74 Å². The maximum Gasteiger partial charge on any atom is 0.429 e. The van der Waals surface area contributed by atoms with Gasteiger partial charge in [0.2, 0.25) is 0 Å². The first-order valence-corrected chi connectivity index (χ1v) is 12.0. The fourth-order valence-electron chi connectivity index (χ4n) is 5.83. The Morgan fingerprint density at radius 2 is 1.80 bits per heavy atom. The minimum atomic E-state index is -5.85. The summed E-state index contributed by atoms with van der Waals surface area (Å²) < 4.78 is 82.6. The zero-order valence-corrected chi connectivity index (χ0v) is 20.1. The molecule has 0 heterocycles. The monoisotopic (exact) mass is 508 g/mol. The van der Waals surface area contributed by atoms with Gasteiger partial charge < -0.3 is 14.9 Å². The van der Waals surface area contributed by atoms with Crippen molar-refractivity contribution in [3.05, 3.63) is 47.1 Å². The molecule has 35 heavy (non-hydrogen) atoms. The highest BCUT2D eigenvalue weighted by atomic mass is 19.4. The molecule has 198 valence electrons. The molecule has 0 aromatic heterocycles. The molecule has 3 aliphatic carbocycles. The summed E-state index contributed by atoms with van der Waals surface area (Å²) in [5.41, 5.74) is -1.58. The van der Waals surface area contributed by atoms with Crippen LogP contribution in [0.15, 0.2) is 47.1 Å². The number of aliphatic hydroxyl groups is 2. The van der Waals surface area contributed by atoms with Gasteiger partial charge in [-0.15, -0.1) is 0 Å². The van der Waals surface area contributed by atoms with Gasteiger partial charge in [0.05, 0.1) is 12.2 Å². The standard InChI is InChI=1S/C26H34F6O3/c1-23-12-5-6-18(9-8-17-14-20(33)16-21(15-17)35-2)22(23)11-10-19(23)7-3-4-13-24(34,25(27,28)29)26(30,31)32/h4,8-10,13,20-22,33-34H,3,5-7,11-12,14-16H2,1-2H3/b13-4-,17-8+,18-9+/t20-,21?,22?,23-/m1/s1. The second kappa shape index (κ2) is 10.4. The van der Waals surface area contributed by atoms with Crippen LogP contribution in [0.3, 0.4) is 0 Å². The molecule has 4 atom stereocenters. The van der Waals surface area contributed by atoms with Gasteiger partial charge in [0, 0.05) is 13.5 Å². The molecular weight excluding hydrogens is 474 g/mol. The summed E-state index contributed by atoms with van der Waals surface area (Å²) in [4.78, 5) is 0.